The summed E-state index contributed by atoms with van der Waals surface area (Å²) in [6, 6.07) is -1.01. The molecule has 0 aliphatic rings. The van der Waals surface area contributed by atoms with Crippen molar-refractivity contribution in [2.45, 2.75) is 135 Å². The van der Waals surface area contributed by atoms with Crippen molar-refractivity contribution in [1.82, 2.24) is 10.6 Å². The van der Waals surface area contributed by atoms with E-state index < -0.39 is 71.0 Å². The van der Waals surface area contributed by atoms with Crippen LogP contribution in [0.1, 0.15) is 99.3 Å². The molecule has 0 bridgehead atoms. The topological polar surface area (TPSA) is 420 Å². The molecule has 0 atom stereocenters. The van der Waals surface area contributed by atoms with Crippen LogP contribution in [0.15, 0.2) is 11.8 Å². The van der Waals surface area contributed by atoms with E-state index in [0.717, 1.165) is 6.08 Å². The molecule has 30 heteroatoms. The van der Waals surface area contributed by atoms with Gasteiger partial charge in [0.25, 0.3) is 0 Å². The van der Waals surface area contributed by atoms with E-state index in [4.69, 9.17) is 41.4 Å². The normalized spacial score (nSPS) is 10.3. The van der Waals surface area contributed by atoms with Crippen LogP contribution >= 0.6 is 0 Å². The Labute approximate surface area is 428 Å². The Morgan fingerprint density at radius 2 is 0.918 bits per heavy atom. The second-order valence-corrected chi connectivity index (χ2v) is 15.9. The minimum atomic E-state index is -0.727. The molecule has 423 valence electrons. The molecule has 2 amide bonds. The summed E-state index contributed by atoms with van der Waals surface area (Å²) in [5, 5.41) is 39.1. The van der Waals surface area contributed by atoms with Crippen LogP contribution in [0.3, 0.4) is 0 Å². The molecule has 0 aromatic heterocycles. The van der Waals surface area contributed by atoms with Crippen LogP contribution < -0.4 is 22.1 Å². The van der Waals surface area contributed by atoms with Gasteiger partial charge >= 0.3 is 90.4 Å². The van der Waals surface area contributed by atoms with E-state index in [9.17, 15) is 47.9 Å². The fraction of sp³-hybridized carbons (Fsp3) is 0.744. The number of esters is 6. The molecule has 0 aliphatic heterocycles. The zero-order chi connectivity index (χ0) is 58.0. The molecular weight excluding hydrogens is 978 g/mol. The van der Waals surface area contributed by atoms with Gasteiger partial charge in [0, 0.05) is 50.3 Å². The molecule has 0 aromatic carbocycles. The summed E-state index contributed by atoms with van der Waals surface area (Å²) in [5.41, 5.74) is 9.58. The van der Waals surface area contributed by atoms with Gasteiger partial charge < -0.3 is 80.4 Å². The maximum atomic E-state index is 11.6. The number of aliphatic hydroxyl groups excluding tert-OH is 4. The first kappa shape index (κ1) is 78.6. The Hall–Kier alpha value is -5.78. The first-order valence-electron chi connectivity index (χ1n) is 22.1. The van der Waals surface area contributed by atoms with Gasteiger partial charge in [-0.3, -0.25) is 28.8 Å². The Bertz CT molecular complexity index is 1530. The number of ether oxygens (including phenoxy) is 8. The maximum Gasteiger partial charge on any atom is 0.0445 e. The fourth-order valence-electron chi connectivity index (χ4n) is 3.93. The van der Waals surface area contributed by atoms with Gasteiger partial charge in [0.1, 0.15) is 24.0 Å². The van der Waals surface area contributed by atoms with Crippen molar-refractivity contribution in [3.8, 4) is 0 Å². The summed E-state index contributed by atoms with van der Waals surface area (Å²) < 4.78 is 45.6. The first-order chi connectivity index (χ1) is 34.0. The molecule has 1 radical (unpaired) electrons. The van der Waals surface area contributed by atoms with Crippen LogP contribution in [0.4, 0.5) is 9.59 Å². The number of alkyl carbamates (subject to hydrolysis) is 2. The number of aliphatic hydroxyl groups is 4. The molecule has 0 rings (SSSR count). The Balaban J connectivity index is -0.000000190. The summed E-state index contributed by atoms with van der Waals surface area (Å²) in [5.74, 6) is -3.96. The number of ketones is 1. The second-order valence-electron chi connectivity index (χ2n) is 15.9. The molecular formula is C43H81B2N4O24. The number of rotatable bonds is 25. The van der Waals surface area contributed by atoms with Crippen molar-refractivity contribution in [2.75, 3.05) is 75.6 Å². The van der Waals surface area contributed by atoms with Crippen molar-refractivity contribution in [2.24, 2.45) is 11.5 Å². The van der Waals surface area contributed by atoms with Gasteiger partial charge in [0.15, 0.2) is 5.78 Å². The molecule has 0 unspecified atom stereocenters. The SMILES string of the molecule is CC(C)(C)OC(=O)NC(CCO)CCO.COC(=O)/C=C(\N)CC(=O)OC.COC(=O)CC(=O)CC(=O)OC.COC(=O)CC(CC(=O)OC)NC(=O)OC(C)(C)C.C[B]OOCB=O.NC(CCO)CCO. The largest absolute Gasteiger partial charge is 0.396 e. The van der Waals surface area contributed by atoms with Crippen LogP contribution in [0.2, 0.25) is 6.82 Å². The first-order valence-corrected chi connectivity index (χ1v) is 22.1. The molecule has 0 saturated carbocycles. The maximum absolute atomic E-state index is 11.6. The standard InChI is InChI=1S/C12H21NO6.C10H21NO4.C7H11NO4.C7H10O5.C5H13NO2.C2H5B2O3/c1-12(2,3)19-11(16)13-8(6-9(14)17-4)7-10(15)18-5;1-10(2,3)15-9(14)11-8(4-6-12)5-7-13;2*1-11-6(9)3-5(8)4-7(10)12-2;6-5(1-3-7)2-4-8;1-3-7-6-2-4-5/h8H,6-7H2,1-5H3,(H,13,16);8,12-13H,4-7H2,1-3H3,(H,11,14);3H,4,8H2,1-2H3;3-4H2,1-2H3;5,7-8H,1-4,6H2;2H2,1H3/b;;5-3-;;;. The summed E-state index contributed by atoms with van der Waals surface area (Å²) in [6.07, 6.45) is 0.676. The van der Waals surface area contributed by atoms with E-state index in [1.807, 2.05) is 0 Å². The summed E-state index contributed by atoms with van der Waals surface area (Å²) in [7, 11) is 9.24. The van der Waals surface area contributed by atoms with Crippen LogP contribution in [0, 0.1) is 0 Å². The van der Waals surface area contributed by atoms with Crippen molar-refractivity contribution in [1.29, 1.82) is 0 Å². The molecule has 0 aliphatic carbocycles. The molecule has 0 heterocycles. The monoisotopic (exact) mass is 1060 g/mol. The van der Waals surface area contributed by atoms with Gasteiger partial charge in [-0.05, 0) is 67.2 Å². The quantitative estimate of drug-likeness (QED) is 0.00841. The zero-order valence-corrected chi connectivity index (χ0v) is 44.5. The second kappa shape index (κ2) is 51.1. The number of hydrogen-bond donors (Lipinski definition) is 8. The number of Topliss-reactive ketones (excluding diaryl/α,β-unsaturated/α-hetero) is 1. The van der Waals surface area contributed by atoms with Crippen LogP contribution in [0.25, 0.3) is 0 Å². The van der Waals surface area contributed by atoms with E-state index in [1.54, 1.807) is 48.4 Å². The molecule has 73 heavy (non-hydrogen) atoms. The van der Waals surface area contributed by atoms with Gasteiger partial charge in [-0.1, -0.05) is 0 Å². The average Bonchev–Trinajstić information content (AvgIpc) is 3.28. The minimum absolute atomic E-state index is 0.00958. The van der Waals surface area contributed by atoms with Crippen molar-refractivity contribution in [3.05, 3.63) is 11.8 Å². The van der Waals surface area contributed by atoms with E-state index in [-0.39, 0.29) is 82.8 Å². The average molecular weight is 1060 g/mol. The van der Waals surface area contributed by atoms with Gasteiger partial charge in [0.05, 0.1) is 68.0 Å². The summed E-state index contributed by atoms with van der Waals surface area (Å²) in [6.45, 7) is 12.3. The number of carbonyl (C=O) groups excluding carboxylic acids is 9. The van der Waals surface area contributed by atoms with E-state index in [0.29, 0.717) is 32.8 Å². The van der Waals surface area contributed by atoms with Gasteiger partial charge in [-0.25, -0.2) is 14.4 Å². The van der Waals surface area contributed by atoms with Gasteiger partial charge in [-0.15, -0.1) is 0 Å². The zero-order valence-electron chi connectivity index (χ0n) is 44.5. The number of methoxy groups -OCH3 is 6. The Kier molecular flexibility index (Phi) is 55.1. The number of nitrogens with two attached hydrogens (primary N) is 2. The van der Waals surface area contributed by atoms with Crippen molar-refractivity contribution in [3.63, 3.8) is 0 Å². The Morgan fingerprint density at radius 1 is 0.562 bits per heavy atom. The number of amides is 2. The molecule has 0 fully saturated rings. The molecule has 28 nitrogen and oxygen atoms in total. The predicted molar refractivity (Wildman–Crippen MR) is 259 cm³/mol. The van der Waals surface area contributed by atoms with Crippen LogP contribution in [-0.2, 0) is 85.9 Å². The van der Waals surface area contributed by atoms with Crippen molar-refractivity contribution >= 4 is 68.4 Å². The third-order valence-corrected chi connectivity index (χ3v) is 7.20. The number of carbonyl (C=O) groups is 9. The fourth-order valence-corrected chi connectivity index (χ4v) is 3.93. The van der Waals surface area contributed by atoms with E-state index in [1.165, 1.54) is 50.1 Å². The van der Waals surface area contributed by atoms with Crippen LogP contribution in [0.5, 0.6) is 0 Å². The van der Waals surface area contributed by atoms with E-state index >= 15 is 0 Å². The predicted octanol–water partition coefficient (Wildman–Crippen LogP) is -0.415. The molecule has 0 spiro atoms. The van der Waals surface area contributed by atoms with Crippen LogP contribution in [-0.4, -0.2) is 194 Å². The molecule has 0 aromatic rings. The minimum Gasteiger partial charge on any atom is -0.396 e. The van der Waals surface area contributed by atoms with Crippen molar-refractivity contribution < 1.29 is 116 Å². The number of hydrogen-bond acceptors (Lipinski definition) is 26. The molecule has 0 saturated heterocycles. The van der Waals surface area contributed by atoms with Gasteiger partial charge in [0.2, 0.25) is 0 Å². The smallest absolute Gasteiger partial charge is 0.0445 e. The van der Waals surface area contributed by atoms with E-state index in [2.05, 4.69) is 48.7 Å². The third kappa shape index (κ3) is 66.2. The molecule has 10 N–H and O–H groups in total. The summed E-state index contributed by atoms with van der Waals surface area (Å²) >= 11 is 0. The number of nitrogens with one attached hydrogen (secondary N) is 2. The Morgan fingerprint density at radius 3 is 1.22 bits per heavy atom. The van der Waals surface area contributed by atoms with Gasteiger partial charge in [-0.2, -0.15) is 0 Å². The summed E-state index contributed by atoms with van der Waals surface area (Å²) in [4.78, 5) is 107. The third-order valence-electron chi connectivity index (χ3n) is 7.20.